The third kappa shape index (κ3) is 5.32. The fraction of sp³-hybridized carbons (Fsp3) is 0.368. The Hall–Kier alpha value is -3.36. The Balaban J connectivity index is 2.02. The molecular weight excluding hydrogens is 366 g/mol. The van der Waals surface area contributed by atoms with Crippen LogP contribution >= 0.6 is 0 Å². The monoisotopic (exact) mass is 389 g/mol. The van der Waals surface area contributed by atoms with Crippen LogP contribution in [0, 0.1) is 0 Å². The first-order chi connectivity index (χ1) is 13.3. The van der Waals surface area contributed by atoms with Crippen molar-refractivity contribution in [2.24, 2.45) is 0 Å². The van der Waals surface area contributed by atoms with Crippen molar-refractivity contribution >= 4 is 23.9 Å². The van der Waals surface area contributed by atoms with Crippen LogP contribution in [0.5, 0.6) is 0 Å². The Morgan fingerprint density at radius 2 is 1.86 bits per heavy atom. The van der Waals surface area contributed by atoms with Crippen LogP contribution < -0.4 is 16.0 Å². The predicted octanol–water partition coefficient (Wildman–Crippen LogP) is 0.867. The maximum atomic E-state index is 12.2. The van der Waals surface area contributed by atoms with Gasteiger partial charge in [-0.25, -0.2) is 14.4 Å². The first kappa shape index (κ1) is 20.9. The molecule has 0 radical (unpaired) electrons. The zero-order chi connectivity index (χ0) is 20.7. The highest BCUT2D eigenvalue weighted by Gasteiger charge is 2.30. The van der Waals surface area contributed by atoms with Gasteiger partial charge >= 0.3 is 18.0 Å². The highest BCUT2D eigenvalue weighted by atomic mass is 16.5. The van der Waals surface area contributed by atoms with Crippen LogP contribution in [0.1, 0.15) is 31.1 Å². The molecule has 0 aliphatic carbocycles. The van der Waals surface area contributed by atoms with Crippen LogP contribution in [0.3, 0.4) is 0 Å². The molecule has 2 rings (SSSR count). The molecule has 0 saturated heterocycles. The van der Waals surface area contributed by atoms with E-state index in [2.05, 4.69) is 16.0 Å². The van der Waals surface area contributed by atoms with Crippen LogP contribution in [-0.2, 0) is 19.1 Å². The van der Waals surface area contributed by atoms with Gasteiger partial charge in [0.1, 0.15) is 12.6 Å². The Morgan fingerprint density at radius 1 is 1.18 bits per heavy atom. The first-order valence-corrected chi connectivity index (χ1v) is 8.83. The molecule has 150 valence electrons. The molecule has 2 atom stereocenters. The lowest BCUT2D eigenvalue weighted by Gasteiger charge is -2.26. The van der Waals surface area contributed by atoms with E-state index in [0.29, 0.717) is 5.56 Å². The van der Waals surface area contributed by atoms with E-state index in [1.807, 2.05) is 0 Å². The second-order valence-corrected chi connectivity index (χ2v) is 6.10. The summed E-state index contributed by atoms with van der Waals surface area (Å²) in [5.41, 5.74) is 0.730. The number of esters is 2. The van der Waals surface area contributed by atoms with Crippen LogP contribution in [-0.4, -0.2) is 49.2 Å². The highest BCUT2D eigenvalue weighted by molar-refractivity contribution is 5.97. The molecule has 1 aliphatic rings. The van der Waals surface area contributed by atoms with Gasteiger partial charge in [0.15, 0.2) is 0 Å². The maximum Gasteiger partial charge on any atom is 0.338 e. The second-order valence-electron chi connectivity index (χ2n) is 6.10. The average Bonchev–Trinajstić information content (AvgIpc) is 2.66. The third-order valence-corrected chi connectivity index (χ3v) is 3.96. The van der Waals surface area contributed by atoms with Crippen LogP contribution in [0.2, 0.25) is 0 Å². The lowest BCUT2D eigenvalue weighted by molar-refractivity contribution is -0.145. The van der Waals surface area contributed by atoms with E-state index in [0.717, 1.165) is 0 Å². The summed E-state index contributed by atoms with van der Waals surface area (Å²) in [4.78, 5) is 48.1. The lowest BCUT2D eigenvalue weighted by atomic mass is 10.0. The molecule has 9 heteroatoms. The summed E-state index contributed by atoms with van der Waals surface area (Å²) < 4.78 is 10.2. The third-order valence-electron chi connectivity index (χ3n) is 3.96. The number of hydrogen-bond acceptors (Lipinski definition) is 6. The molecule has 1 aromatic rings. The van der Waals surface area contributed by atoms with Crippen LogP contribution in [0.4, 0.5) is 4.79 Å². The van der Waals surface area contributed by atoms with Crippen LogP contribution in [0.15, 0.2) is 41.6 Å². The van der Waals surface area contributed by atoms with Crippen molar-refractivity contribution in [2.75, 3.05) is 13.2 Å². The predicted molar refractivity (Wildman–Crippen MR) is 99.1 cm³/mol. The number of carbonyl (C=O) groups excluding carboxylic acids is 4. The van der Waals surface area contributed by atoms with Gasteiger partial charge in [-0.2, -0.15) is 0 Å². The summed E-state index contributed by atoms with van der Waals surface area (Å²) in [5, 5.41) is 7.54. The zero-order valence-electron chi connectivity index (χ0n) is 15.9. The number of rotatable bonds is 7. The molecule has 0 spiro atoms. The summed E-state index contributed by atoms with van der Waals surface area (Å²) in [5.74, 6) is -1.74. The van der Waals surface area contributed by atoms with Gasteiger partial charge in [0.05, 0.1) is 23.9 Å². The van der Waals surface area contributed by atoms with Crippen molar-refractivity contribution < 1.29 is 28.7 Å². The molecule has 0 unspecified atom stereocenters. The van der Waals surface area contributed by atoms with E-state index in [1.54, 1.807) is 44.2 Å². The molecule has 28 heavy (non-hydrogen) atoms. The quantitative estimate of drug-likeness (QED) is 0.595. The summed E-state index contributed by atoms with van der Waals surface area (Å²) >= 11 is 0. The topological polar surface area (TPSA) is 123 Å². The van der Waals surface area contributed by atoms with Gasteiger partial charge < -0.3 is 25.4 Å². The number of hydrogen-bond donors (Lipinski definition) is 3. The van der Waals surface area contributed by atoms with Gasteiger partial charge in [0.25, 0.3) is 5.91 Å². The van der Waals surface area contributed by atoms with Gasteiger partial charge in [-0.05, 0) is 32.9 Å². The molecular formula is C19H23N3O6. The van der Waals surface area contributed by atoms with E-state index >= 15 is 0 Å². The molecule has 0 aromatic heterocycles. The molecule has 1 aromatic carbocycles. The lowest BCUT2D eigenvalue weighted by Crippen LogP contribution is -2.50. The van der Waals surface area contributed by atoms with Gasteiger partial charge in [-0.15, -0.1) is 0 Å². The second kappa shape index (κ2) is 9.54. The highest BCUT2D eigenvalue weighted by Crippen LogP contribution is 2.15. The molecule has 0 fully saturated rings. The summed E-state index contributed by atoms with van der Waals surface area (Å²) in [7, 11) is 0. The Kier molecular flexibility index (Phi) is 7.14. The van der Waals surface area contributed by atoms with Crippen molar-refractivity contribution in [3.63, 3.8) is 0 Å². The molecule has 1 aliphatic heterocycles. The number of urea groups is 1. The van der Waals surface area contributed by atoms with E-state index < -0.39 is 36.0 Å². The SMILES string of the molecule is CCOC(=O)C1=C(COC(=O)[C@H](C)NC(=O)c2ccccc2)NC(=O)N[C@H]1C. The van der Waals surface area contributed by atoms with Gasteiger partial charge in [0, 0.05) is 5.56 Å². The zero-order valence-corrected chi connectivity index (χ0v) is 15.9. The van der Waals surface area contributed by atoms with E-state index in [1.165, 1.54) is 6.92 Å². The number of carbonyl (C=O) groups is 4. The summed E-state index contributed by atoms with van der Waals surface area (Å²) in [6, 6.07) is 6.40. The van der Waals surface area contributed by atoms with Crippen molar-refractivity contribution in [1.82, 2.24) is 16.0 Å². The van der Waals surface area contributed by atoms with Crippen LogP contribution in [0.25, 0.3) is 0 Å². The number of amides is 3. The molecule has 3 N–H and O–H groups in total. The minimum Gasteiger partial charge on any atom is -0.463 e. The fourth-order valence-electron chi connectivity index (χ4n) is 2.59. The van der Waals surface area contributed by atoms with Crippen molar-refractivity contribution in [3.8, 4) is 0 Å². The smallest absolute Gasteiger partial charge is 0.338 e. The minimum absolute atomic E-state index is 0.143. The molecule has 3 amide bonds. The Morgan fingerprint density at radius 3 is 2.50 bits per heavy atom. The Labute approximate surface area is 162 Å². The van der Waals surface area contributed by atoms with Crippen molar-refractivity contribution in [3.05, 3.63) is 47.2 Å². The normalized spacial score (nSPS) is 17.1. The van der Waals surface area contributed by atoms with E-state index in [4.69, 9.17) is 9.47 Å². The van der Waals surface area contributed by atoms with Crippen molar-refractivity contribution in [1.29, 1.82) is 0 Å². The summed E-state index contributed by atoms with van der Waals surface area (Å²) in [6.45, 7) is 4.59. The average molecular weight is 389 g/mol. The minimum atomic E-state index is -0.922. The standard InChI is InChI=1S/C19H23N3O6/c1-4-27-18(25)15-11(2)21-19(26)22-14(15)10-28-17(24)12(3)20-16(23)13-8-6-5-7-9-13/h5-9,11-12H,4,10H2,1-3H3,(H,20,23)(H2,21,22,26)/t11-,12-/m0/s1. The largest absolute Gasteiger partial charge is 0.463 e. The van der Waals surface area contributed by atoms with Gasteiger partial charge in [-0.1, -0.05) is 18.2 Å². The van der Waals surface area contributed by atoms with E-state index in [-0.39, 0.29) is 24.5 Å². The first-order valence-electron chi connectivity index (χ1n) is 8.83. The number of nitrogens with one attached hydrogen (secondary N) is 3. The molecule has 9 nitrogen and oxygen atoms in total. The molecule has 0 saturated carbocycles. The van der Waals surface area contributed by atoms with E-state index in [9.17, 15) is 19.2 Å². The molecule has 0 bridgehead atoms. The van der Waals surface area contributed by atoms with Crippen molar-refractivity contribution in [2.45, 2.75) is 32.9 Å². The molecule has 1 heterocycles. The van der Waals surface area contributed by atoms with Gasteiger partial charge in [0.2, 0.25) is 0 Å². The fourth-order valence-corrected chi connectivity index (χ4v) is 2.59. The maximum absolute atomic E-state index is 12.2. The summed E-state index contributed by atoms with van der Waals surface area (Å²) in [6.07, 6.45) is 0. The van der Waals surface area contributed by atoms with Gasteiger partial charge in [-0.3, -0.25) is 4.79 Å². The number of ether oxygens (including phenoxy) is 2. The Bertz CT molecular complexity index is 790. The number of benzene rings is 1.